The van der Waals surface area contributed by atoms with Crippen LogP contribution in [0.1, 0.15) is 24.7 Å². The smallest absolute Gasteiger partial charge is 0.135 e. The van der Waals surface area contributed by atoms with E-state index in [1.54, 1.807) is 0 Å². The van der Waals surface area contributed by atoms with Crippen LogP contribution in [-0.4, -0.2) is 9.97 Å². The maximum absolute atomic E-state index is 4.38. The molecule has 94 valence electrons. The van der Waals surface area contributed by atoms with Gasteiger partial charge in [0.15, 0.2) is 0 Å². The van der Waals surface area contributed by atoms with Crippen LogP contribution in [-0.2, 0) is 6.42 Å². The van der Waals surface area contributed by atoms with Crippen molar-refractivity contribution in [1.82, 2.24) is 9.97 Å². The van der Waals surface area contributed by atoms with E-state index in [0.29, 0.717) is 0 Å². The van der Waals surface area contributed by atoms with Gasteiger partial charge in [-0.3, -0.25) is 0 Å². The van der Waals surface area contributed by atoms with Gasteiger partial charge in [0.2, 0.25) is 0 Å². The Morgan fingerprint density at radius 3 is 2.72 bits per heavy atom. The lowest BCUT2D eigenvalue weighted by molar-refractivity contribution is 0.922. The van der Waals surface area contributed by atoms with Gasteiger partial charge in [-0.15, -0.1) is 0 Å². The molecule has 18 heavy (non-hydrogen) atoms. The number of nitrogens with zero attached hydrogens (tertiary/aromatic N) is 2. The number of aryl methyl sites for hydroxylation is 2. The van der Waals surface area contributed by atoms with Crippen LogP contribution < -0.4 is 5.32 Å². The highest BCUT2D eigenvalue weighted by atomic mass is 79.9. The quantitative estimate of drug-likeness (QED) is 0.858. The van der Waals surface area contributed by atoms with Crippen molar-refractivity contribution in [3.63, 3.8) is 0 Å². The lowest BCUT2D eigenvalue weighted by Crippen LogP contribution is -2.00. The summed E-state index contributed by atoms with van der Waals surface area (Å²) in [4.78, 5) is 8.58. The molecule has 0 amide bonds. The van der Waals surface area contributed by atoms with Crippen LogP contribution in [0.2, 0.25) is 0 Å². The monoisotopic (exact) mass is 305 g/mol. The second-order valence-corrected chi connectivity index (χ2v) is 4.97. The first-order valence-corrected chi connectivity index (χ1v) is 6.84. The second-order valence-electron chi connectivity index (χ2n) is 4.16. The van der Waals surface area contributed by atoms with Crippen LogP contribution in [0.15, 0.2) is 34.9 Å². The molecule has 4 heteroatoms. The number of benzene rings is 1. The van der Waals surface area contributed by atoms with Crippen LogP contribution in [0.5, 0.6) is 0 Å². The Hall–Kier alpha value is -1.42. The van der Waals surface area contributed by atoms with Crippen molar-refractivity contribution in [2.75, 3.05) is 5.32 Å². The molecule has 0 fully saturated rings. The Kier molecular flexibility index (Phi) is 4.31. The van der Waals surface area contributed by atoms with Gasteiger partial charge in [-0.2, -0.15) is 0 Å². The Morgan fingerprint density at radius 2 is 2.00 bits per heavy atom. The average Bonchev–Trinajstić information content (AvgIpc) is 2.30. The topological polar surface area (TPSA) is 37.8 Å². The molecule has 0 spiro atoms. The minimum absolute atomic E-state index is 0.750. The van der Waals surface area contributed by atoms with E-state index in [2.05, 4.69) is 56.3 Å². The van der Waals surface area contributed by atoms with E-state index in [1.807, 2.05) is 19.1 Å². The minimum Gasteiger partial charge on any atom is -0.340 e. The summed E-state index contributed by atoms with van der Waals surface area (Å²) in [5.74, 6) is 1.57. The molecule has 0 aliphatic heterocycles. The lowest BCUT2D eigenvalue weighted by Gasteiger charge is -2.11. The van der Waals surface area contributed by atoms with Crippen LogP contribution in [0, 0.1) is 6.92 Å². The van der Waals surface area contributed by atoms with E-state index >= 15 is 0 Å². The normalized spacial score (nSPS) is 10.4. The van der Waals surface area contributed by atoms with Gasteiger partial charge in [0.05, 0.1) is 0 Å². The molecule has 0 unspecified atom stereocenters. The Balaban J connectivity index is 2.27. The van der Waals surface area contributed by atoms with Crippen LogP contribution in [0.3, 0.4) is 0 Å². The number of aromatic nitrogens is 2. The molecule has 1 heterocycles. The van der Waals surface area contributed by atoms with Gasteiger partial charge in [-0.05, 0) is 40.9 Å². The summed E-state index contributed by atoms with van der Waals surface area (Å²) in [6.07, 6.45) is 2.19. The molecule has 2 aromatic rings. The van der Waals surface area contributed by atoms with Crippen molar-refractivity contribution in [3.8, 4) is 0 Å². The molecular formula is C14H16BrN3. The molecule has 1 aromatic heterocycles. The van der Waals surface area contributed by atoms with Gasteiger partial charge in [0.1, 0.15) is 16.2 Å². The highest BCUT2D eigenvalue weighted by molar-refractivity contribution is 9.10. The molecule has 1 aromatic carbocycles. The summed E-state index contributed by atoms with van der Waals surface area (Å²) in [5, 5.41) is 3.36. The predicted octanol–water partition coefficient (Wildman–Crippen LogP) is 4.24. The van der Waals surface area contributed by atoms with Gasteiger partial charge >= 0.3 is 0 Å². The first-order valence-electron chi connectivity index (χ1n) is 6.05. The molecule has 0 bridgehead atoms. The van der Waals surface area contributed by atoms with Crippen LogP contribution in [0.25, 0.3) is 0 Å². The number of hydrogen-bond acceptors (Lipinski definition) is 3. The fourth-order valence-electron chi connectivity index (χ4n) is 1.86. The summed E-state index contributed by atoms with van der Waals surface area (Å²) in [6.45, 7) is 4.07. The van der Waals surface area contributed by atoms with Gasteiger partial charge in [0.25, 0.3) is 0 Å². The predicted molar refractivity (Wildman–Crippen MR) is 78.2 cm³/mol. The maximum Gasteiger partial charge on any atom is 0.135 e. The van der Waals surface area contributed by atoms with Gasteiger partial charge in [-0.25, -0.2) is 9.97 Å². The van der Waals surface area contributed by atoms with E-state index in [-0.39, 0.29) is 0 Å². The van der Waals surface area contributed by atoms with E-state index in [1.165, 1.54) is 5.56 Å². The number of para-hydroxylation sites is 1. The van der Waals surface area contributed by atoms with Crippen molar-refractivity contribution in [3.05, 3.63) is 46.3 Å². The third-order valence-corrected chi connectivity index (χ3v) is 3.01. The molecule has 3 nitrogen and oxygen atoms in total. The first kappa shape index (κ1) is 13.0. The summed E-state index contributed by atoms with van der Waals surface area (Å²) in [7, 11) is 0. The van der Waals surface area contributed by atoms with Crippen LogP contribution >= 0.6 is 15.9 Å². The standard InChI is InChI=1S/C14H16BrN3/c1-3-6-11-7-4-5-8-12(11)18-14-9-13(15)16-10(2)17-14/h4-5,7-9H,3,6H2,1-2H3,(H,16,17,18). The Labute approximate surface area is 116 Å². The number of hydrogen-bond donors (Lipinski definition) is 1. The fourth-order valence-corrected chi connectivity index (χ4v) is 2.34. The van der Waals surface area contributed by atoms with Crippen molar-refractivity contribution in [2.24, 2.45) is 0 Å². The van der Waals surface area contributed by atoms with E-state index in [9.17, 15) is 0 Å². The molecule has 1 N–H and O–H groups in total. The first-order chi connectivity index (χ1) is 8.69. The third kappa shape index (κ3) is 3.29. The highest BCUT2D eigenvalue weighted by Gasteiger charge is 2.04. The number of nitrogens with one attached hydrogen (secondary N) is 1. The lowest BCUT2D eigenvalue weighted by atomic mass is 10.1. The number of rotatable bonds is 4. The van der Waals surface area contributed by atoms with Crippen molar-refractivity contribution in [2.45, 2.75) is 26.7 Å². The number of halogens is 1. The van der Waals surface area contributed by atoms with E-state index in [4.69, 9.17) is 0 Å². The molecule has 0 radical (unpaired) electrons. The zero-order valence-corrected chi connectivity index (χ0v) is 12.2. The largest absolute Gasteiger partial charge is 0.340 e. The molecular weight excluding hydrogens is 290 g/mol. The zero-order valence-electron chi connectivity index (χ0n) is 10.6. The highest BCUT2D eigenvalue weighted by Crippen LogP contribution is 2.22. The van der Waals surface area contributed by atoms with Gasteiger partial charge < -0.3 is 5.32 Å². The summed E-state index contributed by atoms with van der Waals surface area (Å²) in [6, 6.07) is 10.2. The van der Waals surface area contributed by atoms with Crippen molar-refractivity contribution < 1.29 is 0 Å². The SMILES string of the molecule is CCCc1ccccc1Nc1cc(Br)nc(C)n1. The molecule has 0 saturated heterocycles. The summed E-state index contributed by atoms with van der Waals surface area (Å²) < 4.78 is 0.797. The Bertz CT molecular complexity index is 520. The number of anilines is 2. The molecule has 0 atom stereocenters. The Morgan fingerprint density at radius 1 is 1.22 bits per heavy atom. The van der Waals surface area contributed by atoms with E-state index < -0.39 is 0 Å². The summed E-state index contributed by atoms with van der Waals surface area (Å²) in [5.41, 5.74) is 2.43. The van der Waals surface area contributed by atoms with Crippen molar-refractivity contribution >= 4 is 27.4 Å². The minimum atomic E-state index is 0.750. The maximum atomic E-state index is 4.38. The molecule has 0 aliphatic carbocycles. The van der Waals surface area contributed by atoms with Gasteiger partial charge in [-0.1, -0.05) is 31.5 Å². The van der Waals surface area contributed by atoms with Gasteiger partial charge in [0, 0.05) is 11.8 Å². The molecule has 0 saturated carbocycles. The summed E-state index contributed by atoms with van der Waals surface area (Å²) >= 11 is 3.38. The molecule has 2 rings (SSSR count). The fraction of sp³-hybridized carbons (Fsp3) is 0.286. The average molecular weight is 306 g/mol. The van der Waals surface area contributed by atoms with E-state index in [0.717, 1.165) is 34.8 Å². The molecule has 0 aliphatic rings. The zero-order chi connectivity index (χ0) is 13.0. The third-order valence-electron chi connectivity index (χ3n) is 2.61. The van der Waals surface area contributed by atoms with Crippen molar-refractivity contribution in [1.29, 1.82) is 0 Å². The second kappa shape index (κ2) is 5.96. The van der Waals surface area contributed by atoms with Crippen LogP contribution in [0.4, 0.5) is 11.5 Å².